The Hall–Kier alpha value is -2.03. The molecule has 28 heavy (non-hydrogen) atoms. The first kappa shape index (κ1) is 26.0. The van der Waals surface area contributed by atoms with Gasteiger partial charge in [0.2, 0.25) is 5.91 Å². The van der Waals surface area contributed by atoms with Crippen LogP contribution in [0.15, 0.2) is 4.99 Å². The number of aliphatic imine (C=N–C) groups is 1. The van der Waals surface area contributed by atoms with Gasteiger partial charge in [-0.05, 0) is 34.1 Å². The summed E-state index contributed by atoms with van der Waals surface area (Å²) in [5.41, 5.74) is -0.539. The number of hydrogen-bond donors (Lipinski definition) is 4. The van der Waals surface area contributed by atoms with E-state index in [1.807, 2.05) is 27.7 Å². The number of carbonyl (C=O) groups is 2. The van der Waals surface area contributed by atoms with Gasteiger partial charge < -0.3 is 30.7 Å². The SMILES string of the molecule is CCCCC(CNC(=O)OC(C)(C)C)NC(=NCC(=O)NCCOC)NCC. The molecule has 0 saturated carbocycles. The Bertz CT molecular complexity index is 477. The van der Waals surface area contributed by atoms with E-state index in [-0.39, 0.29) is 18.5 Å². The van der Waals surface area contributed by atoms with Crippen molar-refractivity contribution in [3.05, 3.63) is 0 Å². The Morgan fingerprint density at radius 2 is 1.82 bits per heavy atom. The van der Waals surface area contributed by atoms with Gasteiger partial charge in [0.15, 0.2) is 5.96 Å². The average Bonchev–Trinajstić information content (AvgIpc) is 2.60. The molecular formula is C19H39N5O4. The van der Waals surface area contributed by atoms with Gasteiger partial charge in [-0.3, -0.25) is 4.79 Å². The van der Waals surface area contributed by atoms with Crippen LogP contribution in [0.1, 0.15) is 53.9 Å². The lowest BCUT2D eigenvalue weighted by molar-refractivity contribution is -0.119. The second-order valence-electron chi connectivity index (χ2n) is 7.40. The fraction of sp³-hybridized carbons (Fsp3) is 0.842. The molecular weight excluding hydrogens is 362 g/mol. The Morgan fingerprint density at radius 1 is 1.11 bits per heavy atom. The van der Waals surface area contributed by atoms with E-state index in [1.54, 1.807) is 7.11 Å². The molecule has 0 radical (unpaired) electrons. The number of carbonyl (C=O) groups excluding carboxylic acids is 2. The summed E-state index contributed by atoms with van der Waals surface area (Å²) >= 11 is 0. The zero-order valence-corrected chi connectivity index (χ0v) is 18.3. The molecule has 0 aromatic carbocycles. The summed E-state index contributed by atoms with van der Waals surface area (Å²) in [5, 5.41) is 11.9. The van der Waals surface area contributed by atoms with Gasteiger partial charge in [0.1, 0.15) is 12.1 Å². The molecule has 0 saturated heterocycles. The van der Waals surface area contributed by atoms with Crippen LogP contribution in [0.4, 0.5) is 4.79 Å². The Balaban J connectivity index is 4.74. The predicted octanol–water partition coefficient (Wildman–Crippen LogP) is 1.39. The third kappa shape index (κ3) is 15.1. The minimum absolute atomic E-state index is 0.0129. The van der Waals surface area contributed by atoms with E-state index < -0.39 is 11.7 Å². The molecule has 164 valence electrons. The van der Waals surface area contributed by atoms with Gasteiger partial charge in [-0.15, -0.1) is 0 Å². The van der Waals surface area contributed by atoms with Gasteiger partial charge in [0, 0.05) is 32.8 Å². The topological polar surface area (TPSA) is 113 Å². The van der Waals surface area contributed by atoms with Crippen LogP contribution >= 0.6 is 0 Å². The van der Waals surface area contributed by atoms with Crippen LogP contribution in [0, 0.1) is 0 Å². The summed E-state index contributed by atoms with van der Waals surface area (Å²) in [5.74, 6) is 0.364. The Labute approximate surface area is 169 Å². The summed E-state index contributed by atoms with van der Waals surface area (Å²) in [6.07, 6.45) is 2.46. The van der Waals surface area contributed by atoms with E-state index in [2.05, 4.69) is 33.2 Å². The highest BCUT2D eigenvalue weighted by atomic mass is 16.6. The van der Waals surface area contributed by atoms with Gasteiger partial charge in [-0.25, -0.2) is 9.79 Å². The molecule has 2 amide bonds. The minimum atomic E-state index is -0.539. The number of guanidine groups is 1. The third-order valence-electron chi connectivity index (χ3n) is 3.49. The third-order valence-corrected chi connectivity index (χ3v) is 3.49. The summed E-state index contributed by atoms with van der Waals surface area (Å²) in [4.78, 5) is 28.1. The van der Waals surface area contributed by atoms with Crippen molar-refractivity contribution in [2.24, 2.45) is 4.99 Å². The molecule has 0 aliphatic heterocycles. The Morgan fingerprint density at radius 3 is 2.39 bits per heavy atom. The molecule has 0 aromatic rings. The highest BCUT2D eigenvalue weighted by Crippen LogP contribution is 2.07. The molecule has 9 heteroatoms. The van der Waals surface area contributed by atoms with Crippen LogP contribution in [-0.4, -0.2) is 69.5 Å². The van der Waals surface area contributed by atoms with Gasteiger partial charge >= 0.3 is 6.09 Å². The summed E-state index contributed by atoms with van der Waals surface area (Å²) in [6, 6.07) is -0.0261. The number of alkyl carbamates (subject to hydrolysis) is 1. The van der Waals surface area contributed by atoms with Crippen LogP contribution in [0.5, 0.6) is 0 Å². The van der Waals surface area contributed by atoms with Crippen LogP contribution in [0.25, 0.3) is 0 Å². The van der Waals surface area contributed by atoms with E-state index in [0.717, 1.165) is 19.3 Å². The number of nitrogens with one attached hydrogen (secondary N) is 4. The lowest BCUT2D eigenvalue weighted by atomic mass is 10.1. The quantitative estimate of drug-likeness (QED) is 0.223. The van der Waals surface area contributed by atoms with Crippen LogP contribution in [0.3, 0.4) is 0 Å². The highest BCUT2D eigenvalue weighted by molar-refractivity contribution is 5.85. The fourth-order valence-corrected chi connectivity index (χ4v) is 2.21. The lowest BCUT2D eigenvalue weighted by Crippen LogP contribution is -2.49. The highest BCUT2D eigenvalue weighted by Gasteiger charge is 2.18. The number of amides is 2. The van der Waals surface area contributed by atoms with Crippen molar-refractivity contribution in [3.63, 3.8) is 0 Å². The van der Waals surface area contributed by atoms with Crippen LogP contribution in [-0.2, 0) is 14.3 Å². The Kier molecular flexibility index (Phi) is 13.9. The van der Waals surface area contributed by atoms with E-state index in [0.29, 0.717) is 32.2 Å². The number of methoxy groups -OCH3 is 1. The zero-order valence-electron chi connectivity index (χ0n) is 18.3. The molecule has 0 bridgehead atoms. The van der Waals surface area contributed by atoms with E-state index >= 15 is 0 Å². The van der Waals surface area contributed by atoms with E-state index in [9.17, 15) is 9.59 Å². The maximum Gasteiger partial charge on any atom is 0.407 e. The first-order valence-electron chi connectivity index (χ1n) is 9.99. The van der Waals surface area contributed by atoms with Crippen molar-refractivity contribution >= 4 is 18.0 Å². The van der Waals surface area contributed by atoms with Crippen LogP contribution < -0.4 is 21.3 Å². The van der Waals surface area contributed by atoms with Gasteiger partial charge in [-0.2, -0.15) is 0 Å². The number of unbranched alkanes of at least 4 members (excludes halogenated alkanes) is 1. The maximum atomic E-state index is 11.9. The summed E-state index contributed by atoms with van der Waals surface area (Å²) < 4.78 is 10.2. The monoisotopic (exact) mass is 401 g/mol. The normalized spacial score (nSPS) is 12.9. The largest absolute Gasteiger partial charge is 0.444 e. The number of hydrogen-bond acceptors (Lipinski definition) is 5. The fourth-order valence-electron chi connectivity index (χ4n) is 2.21. The molecule has 0 aromatic heterocycles. The lowest BCUT2D eigenvalue weighted by Gasteiger charge is -2.24. The molecule has 0 spiro atoms. The zero-order chi connectivity index (χ0) is 21.4. The van der Waals surface area contributed by atoms with Crippen LogP contribution in [0.2, 0.25) is 0 Å². The predicted molar refractivity (Wildman–Crippen MR) is 112 cm³/mol. The second-order valence-corrected chi connectivity index (χ2v) is 7.40. The average molecular weight is 402 g/mol. The van der Waals surface area contributed by atoms with Crippen molar-refractivity contribution in [2.75, 3.05) is 39.9 Å². The molecule has 0 fully saturated rings. The van der Waals surface area contributed by atoms with Gasteiger partial charge in [0.25, 0.3) is 0 Å². The summed E-state index contributed by atoms with van der Waals surface area (Å²) in [6.45, 7) is 11.5. The van der Waals surface area contributed by atoms with Gasteiger partial charge in [-0.1, -0.05) is 19.8 Å². The first-order chi connectivity index (χ1) is 13.2. The smallest absolute Gasteiger partial charge is 0.407 e. The van der Waals surface area contributed by atoms with Crippen molar-refractivity contribution in [2.45, 2.75) is 65.5 Å². The molecule has 9 nitrogen and oxygen atoms in total. The molecule has 4 N–H and O–H groups in total. The molecule has 0 aliphatic carbocycles. The molecule has 0 heterocycles. The number of rotatable bonds is 12. The van der Waals surface area contributed by atoms with Crippen molar-refractivity contribution in [1.82, 2.24) is 21.3 Å². The standard InChI is InChI=1S/C19H39N5O4/c1-7-9-10-15(13-23-18(26)28-19(3,4)5)24-17(20-8-2)22-14-16(25)21-11-12-27-6/h15H,7-14H2,1-6H3,(H,21,25)(H,23,26)(H2,20,22,24). The number of ether oxygens (including phenoxy) is 2. The van der Waals surface area contributed by atoms with Gasteiger partial charge in [0.05, 0.1) is 6.61 Å². The molecule has 0 rings (SSSR count). The van der Waals surface area contributed by atoms with E-state index in [4.69, 9.17) is 9.47 Å². The van der Waals surface area contributed by atoms with Crippen molar-refractivity contribution < 1.29 is 19.1 Å². The minimum Gasteiger partial charge on any atom is -0.444 e. The molecule has 1 atom stereocenters. The second kappa shape index (κ2) is 15.0. The maximum absolute atomic E-state index is 11.9. The molecule has 0 aliphatic rings. The summed E-state index contributed by atoms with van der Waals surface area (Å²) in [7, 11) is 1.58. The number of nitrogens with zero attached hydrogens (tertiary/aromatic N) is 1. The first-order valence-corrected chi connectivity index (χ1v) is 9.99. The molecule has 1 unspecified atom stereocenters. The van der Waals surface area contributed by atoms with Crippen molar-refractivity contribution in [3.8, 4) is 0 Å². The van der Waals surface area contributed by atoms with Crippen molar-refractivity contribution in [1.29, 1.82) is 0 Å². The van der Waals surface area contributed by atoms with E-state index in [1.165, 1.54) is 0 Å².